The Bertz CT molecular complexity index is 328. The van der Waals surface area contributed by atoms with Crippen LogP contribution in [0.25, 0.3) is 0 Å². The van der Waals surface area contributed by atoms with E-state index in [1.165, 1.54) is 0 Å². The topological polar surface area (TPSA) is 68.7 Å². The van der Waals surface area contributed by atoms with Gasteiger partial charge in [0.25, 0.3) is 0 Å². The van der Waals surface area contributed by atoms with Crippen LogP contribution < -0.4 is 0 Å². The molecule has 0 saturated carbocycles. The van der Waals surface area contributed by atoms with Crippen molar-refractivity contribution >= 4 is 18.0 Å². The van der Waals surface area contributed by atoms with E-state index >= 15 is 0 Å². The number of aromatic carboxylic acids is 1. The SMILES string of the molecule is CN(C)C=Nc1cc[nH]c1C(=O)O. The third-order valence-electron chi connectivity index (χ3n) is 1.37. The smallest absolute Gasteiger partial charge is 0.354 e. The van der Waals surface area contributed by atoms with Gasteiger partial charge in [0.15, 0.2) is 5.69 Å². The molecule has 70 valence electrons. The first-order valence-corrected chi connectivity index (χ1v) is 3.72. The Kier molecular flexibility index (Phi) is 2.69. The third kappa shape index (κ3) is 2.33. The number of aliphatic imine (C=N–C) groups is 1. The zero-order valence-corrected chi connectivity index (χ0v) is 7.48. The van der Waals surface area contributed by atoms with Crippen LogP contribution in [0.5, 0.6) is 0 Å². The van der Waals surface area contributed by atoms with Gasteiger partial charge in [0.2, 0.25) is 0 Å². The van der Waals surface area contributed by atoms with Gasteiger partial charge >= 0.3 is 5.97 Å². The van der Waals surface area contributed by atoms with Crippen LogP contribution in [-0.2, 0) is 0 Å². The quantitative estimate of drug-likeness (QED) is 0.538. The molecule has 1 aromatic rings. The van der Waals surface area contributed by atoms with E-state index in [1.807, 2.05) is 14.1 Å². The number of H-pyrrole nitrogens is 1. The molecule has 0 radical (unpaired) electrons. The summed E-state index contributed by atoms with van der Waals surface area (Å²) in [5, 5.41) is 8.70. The lowest BCUT2D eigenvalue weighted by molar-refractivity contribution is 0.0692. The monoisotopic (exact) mass is 181 g/mol. The van der Waals surface area contributed by atoms with Crippen molar-refractivity contribution in [2.24, 2.45) is 4.99 Å². The fraction of sp³-hybridized carbons (Fsp3) is 0.250. The van der Waals surface area contributed by atoms with Crippen LogP contribution in [0.15, 0.2) is 17.3 Å². The number of hydrogen-bond acceptors (Lipinski definition) is 2. The molecule has 0 amide bonds. The summed E-state index contributed by atoms with van der Waals surface area (Å²) in [5.41, 5.74) is 0.541. The average molecular weight is 181 g/mol. The Balaban J connectivity index is 2.88. The lowest BCUT2D eigenvalue weighted by Gasteiger charge is -2.01. The summed E-state index contributed by atoms with van der Waals surface area (Å²) in [6.07, 6.45) is 3.10. The number of aromatic amines is 1. The van der Waals surface area contributed by atoms with Gasteiger partial charge in [-0.2, -0.15) is 0 Å². The van der Waals surface area contributed by atoms with E-state index in [1.54, 1.807) is 23.5 Å². The highest BCUT2D eigenvalue weighted by Gasteiger charge is 2.08. The minimum Gasteiger partial charge on any atom is -0.477 e. The Morgan fingerprint density at radius 3 is 2.92 bits per heavy atom. The molecule has 13 heavy (non-hydrogen) atoms. The summed E-state index contributed by atoms with van der Waals surface area (Å²) in [7, 11) is 3.63. The number of hydrogen-bond donors (Lipinski definition) is 2. The molecule has 0 aliphatic carbocycles. The van der Waals surface area contributed by atoms with E-state index in [0.717, 1.165) is 0 Å². The second-order valence-corrected chi connectivity index (χ2v) is 2.75. The van der Waals surface area contributed by atoms with E-state index in [4.69, 9.17) is 5.11 Å². The van der Waals surface area contributed by atoms with Crippen LogP contribution in [0.4, 0.5) is 5.69 Å². The largest absolute Gasteiger partial charge is 0.477 e. The predicted molar refractivity (Wildman–Crippen MR) is 49.6 cm³/mol. The van der Waals surface area contributed by atoms with Crippen LogP contribution in [0.1, 0.15) is 10.5 Å². The van der Waals surface area contributed by atoms with Crippen LogP contribution in [0.3, 0.4) is 0 Å². The van der Waals surface area contributed by atoms with E-state index < -0.39 is 5.97 Å². The van der Waals surface area contributed by atoms with Crippen molar-refractivity contribution < 1.29 is 9.90 Å². The van der Waals surface area contributed by atoms with Crippen molar-refractivity contribution in [1.82, 2.24) is 9.88 Å². The van der Waals surface area contributed by atoms with Gasteiger partial charge in [-0.15, -0.1) is 0 Å². The van der Waals surface area contributed by atoms with Crippen LogP contribution in [-0.4, -0.2) is 41.4 Å². The molecule has 0 aromatic carbocycles. The lowest BCUT2D eigenvalue weighted by Crippen LogP contribution is -2.07. The molecule has 0 aliphatic rings. The van der Waals surface area contributed by atoms with Gasteiger partial charge in [-0.3, -0.25) is 0 Å². The summed E-state index contributed by atoms with van der Waals surface area (Å²) in [6.45, 7) is 0. The van der Waals surface area contributed by atoms with E-state index in [0.29, 0.717) is 5.69 Å². The number of rotatable bonds is 3. The molecule has 0 fully saturated rings. The first kappa shape index (κ1) is 9.31. The first-order chi connectivity index (χ1) is 6.11. The summed E-state index contributed by atoms with van der Waals surface area (Å²) >= 11 is 0. The Morgan fingerprint density at radius 2 is 2.38 bits per heavy atom. The molecule has 0 bridgehead atoms. The number of nitrogens with zero attached hydrogens (tertiary/aromatic N) is 2. The molecule has 2 N–H and O–H groups in total. The van der Waals surface area contributed by atoms with Crippen molar-refractivity contribution in [1.29, 1.82) is 0 Å². The fourth-order valence-electron chi connectivity index (χ4n) is 0.818. The number of carbonyl (C=O) groups is 1. The molecular weight excluding hydrogens is 170 g/mol. The van der Waals surface area contributed by atoms with Gasteiger partial charge < -0.3 is 15.0 Å². The van der Waals surface area contributed by atoms with Gasteiger partial charge in [0.1, 0.15) is 0 Å². The molecule has 5 nitrogen and oxygen atoms in total. The third-order valence-corrected chi connectivity index (χ3v) is 1.37. The summed E-state index contributed by atoms with van der Waals surface area (Å²) in [4.78, 5) is 18.9. The first-order valence-electron chi connectivity index (χ1n) is 3.72. The molecular formula is C8H11N3O2. The predicted octanol–water partition coefficient (Wildman–Crippen LogP) is 0.934. The minimum absolute atomic E-state index is 0.109. The van der Waals surface area contributed by atoms with Gasteiger partial charge in [0, 0.05) is 20.3 Å². The van der Waals surface area contributed by atoms with Crippen molar-refractivity contribution in [3.63, 3.8) is 0 Å². The van der Waals surface area contributed by atoms with Crippen molar-refractivity contribution in [2.75, 3.05) is 14.1 Å². The number of aromatic nitrogens is 1. The van der Waals surface area contributed by atoms with Crippen molar-refractivity contribution in [2.45, 2.75) is 0 Å². The van der Waals surface area contributed by atoms with Crippen LogP contribution >= 0.6 is 0 Å². The zero-order valence-electron chi connectivity index (χ0n) is 7.48. The van der Waals surface area contributed by atoms with Gasteiger partial charge in [-0.25, -0.2) is 9.79 Å². The molecule has 1 rings (SSSR count). The van der Waals surface area contributed by atoms with Crippen LogP contribution in [0.2, 0.25) is 0 Å². The Morgan fingerprint density at radius 1 is 1.69 bits per heavy atom. The number of carboxylic acids is 1. The van der Waals surface area contributed by atoms with E-state index in [9.17, 15) is 4.79 Å². The molecule has 0 atom stereocenters. The molecule has 0 saturated heterocycles. The maximum Gasteiger partial charge on any atom is 0.354 e. The highest BCUT2D eigenvalue weighted by atomic mass is 16.4. The second-order valence-electron chi connectivity index (χ2n) is 2.75. The molecule has 5 heteroatoms. The lowest BCUT2D eigenvalue weighted by atomic mass is 10.4. The summed E-state index contributed by atoms with van der Waals surface area (Å²) < 4.78 is 0. The van der Waals surface area contributed by atoms with Crippen molar-refractivity contribution in [3.05, 3.63) is 18.0 Å². The molecule has 1 aromatic heterocycles. The summed E-state index contributed by atoms with van der Waals surface area (Å²) in [6, 6.07) is 1.61. The molecule has 0 aliphatic heterocycles. The number of nitrogens with one attached hydrogen (secondary N) is 1. The molecule has 0 spiro atoms. The second kappa shape index (κ2) is 3.75. The normalized spacial score (nSPS) is 10.6. The molecule has 1 heterocycles. The maximum absolute atomic E-state index is 10.6. The van der Waals surface area contributed by atoms with Gasteiger partial charge in [-0.1, -0.05) is 0 Å². The van der Waals surface area contributed by atoms with Gasteiger partial charge in [-0.05, 0) is 6.07 Å². The van der Waals surface area contributed by atoms with E-state index in [-0.39, 0.29) is 5.69 Å². The van der Waals surface area contributed by atoms with Crippen LogP contribution in [0, 0.1) is 0 Å². The van der Waals surface area contributed by atoms with Crippen molar-refractivity contribution in [3.8, 4) is 0 Å². The fourth-order valence-corrected chi connectivity index (χ4v) is 0.818. The average Bonchev–Trinajstić information content (AvgIpc) is 2.47. The Hall–Kier alpha value is -1.78. The minimum atomic E-state index is -1.00. The molecule has 0 unspecified atom stereocenters. The Labute approximate surface area is 75.7 Å². The maximum atomic E-state index is 10.6. The van der Waals surface area contributed by atoms with Gasteiger partial charge in [0.05, 0.1) is 12.0 Å². The van der Waals surface area contributed by atoms with E-state index in [2.05, 4.69) is 9.98 Å². The highest BCUT2D eigenvalue weighted by molar-refractivity contribution is 5.92. The summed E-state index contributed by atoms with van der Waals surface area (Å²) in [5.74, 6) is -1.00. The number of carboxylic acid groups (broad SMARTS) is 1. The standard InChI is InChI=1S/C8H11N3O2/c1-11(2)5-10-6-3-4-9-7(6)8(12)13/h3-5,9H,1-2H3,(H,12,13). The highest BCUT2D eigenvalue weighted by Crippen LogP contribution is 2.16. The zero-order chi connectivity index (χ0) is 9.84.